The predicted molar refractivity (Wildman–Crippen MR) is 59.3 cm³/mol. The largest absolute Gasteiger partial charge is 0.303 e. The van der Waals surface area contributed by atoms with E-state index in [9.17, 15) is 9.18 Å². The average molecular weight is 208 g/mol. The van der Waals surface area contributed by atoms with E-state index in [2.05, 4.69) is 0 Å². The first kappa shape index (κ1) is 11.9. The minimum atomic E-state index is -0.223. The summed E-state index contributed by atoms with van der Waals surface area (Å²) in [5.41, 5.74) is 0.528. The van der Waals surface area contributed by atoms with E-state index < -0.39 is 0 Å². The molecule has 0 aliphatic heterocycles. The van der Waals surface area contributed by atoms with Crippen LogP contribution in [0.2, 0.25) is 0 Å². The Morgan fingerprint density at radius 1 is 1.33 bits per heavy atom. The predicted octanol–water partition coefficient (Wildman–Crippen LogP) is 3.54. The molecule has 82 valence electrons. The Morgan fingerprint density at radius 2 is 1.93 bits per heavy atom. The summed E-state index contributed by atoms with van der Waals surface area (Å²) in [5, 5.41) is 0. The van der Waals surface area contributed by atoms with Crippen molar-refractivity contribution in [3.63, 3.8) is 0 Å². The monoisotopic (exact) mass is 208 g/mol. The molecule has 0 aliphatic rings. The number of rotatable bonds is 3. The van der Waals surface area contributed by atoms with Gasteiger partial charge in [-0.05, 0) is 23.0 Å². The summed E-state index contributed by atoms with van der Waals surface area (Å²) in [7, 11) is 0. The maximum Gasteiger partial charge on any atom is 0.126 e. The fourth-order valence-electron chi connectivity index (χ4n) is 1.80. The second kappa shape index (κ2) is 4.56. The molecule has 2 heteroatoms. The van der Waals surface area contributed by atoms with Gasteiger partial charge in [0.25, 0.3) is 0 Å². The summed E-state index contributed by atoms with van der Waals surface area (Å²) >= 11 is 0. The van der Waals surface area contributed by atoms with E-state index in [1.165, 1.54) is 6.07 Å². The van der Waals surface area contributed by atoms with E-state index in [4.69, 9.17) is 0 Å². The highest BCUT2D eigenvalue weighted by Gasteiger charge is 2.27. The number of carbonyl (C=O) groups is 1. The highest BCUT2D eigenvalue weighted by Crippen LogP contribution is 2.37. The Hall–Kier alpha value is -1.18. The highest BCUT2D eigenvalue weighted by atomic mass is 19.1. The van der Waals surface area contributed by atoms with E-state index >= 15 is 0 Å². The Labute approximate surface area is 90.3 Å². The zero-order valence-corrected chi connectivity index (χ0v) is 9.46. The quantitative estimate of drug-likeness (QED) is 0.694. The molecule has 0 N–H and O–H groups in total. The maximum absolute atomic E-state index is 13.6. The molecular weight excluding hydrogens is 191 g/mol. The van der Waals surface area contributed by atoms with Gasteiger partial charge in [0.1, 0.15) is 12.1 Å². The Kier molecular flexibility index (Phi) is 3.61. The summed E-state index contributed by atoms with van der Waals surface area (Å²) in [6.07, 6.45) is 1.23. The number of carbonyl (C=O) groups excluding carboxylic acids is 1. The molecule has 0 saturated carbocycles. The highest BCUT2D eigenvalue weighted by molar-refractivity contribution is 5.52. The van der Waals surface area contributed by atoms with Crippen molar-refractivity contribution in [2.24, 2.45) is 5.41 Å². The van der Waals surface area contributed by atoms with Gasteiger partial charge >= 0.3 is 0 Å². The Morgan fingerprint density at radius 3 is 2.40 bits per heavy atom. The normalized spacial score (nSPS) is 13.6. The number of benzene rings is 1. The molecule has 15 heavy (non-hydrogen) atoms. The average Bonchev–Trinajstić information content (AvgIpc) is 2.14. The molecule has 0 spiro atoms. The molecule has 1 rings (SSSR count). The van der Waals surface area contributed by atoms with Gasteiger partial charge in [-0.3, -0.25) is 0 Å². The number of halogens is 1. The molecule has 0 amide bonds. The summed E-state index contributed by atoms with van der Waals surface area (Å²) < 4.78 is 13.6. The van der Waals surface area contributed by atoms with Crippen LogP contribution in [0.5, 0.6) is 0 Å². The summed E-state index contributed by atoms with van der Waals surface area (Å²) in [4.78, 5) is 10.6. The second-order valence-corrected chi connectivity index (χ2v) is 4.84. The van der Waals surface area contributed by atoms with Crippen molar-refractivity contribution in [1.82, 2.24) is 0 Å². The minimum Gasteiger partial charge on any atom is -0.303 e. The van der Waals surface area contributed by atoms with Gasteiger partial charge < -0.3 is 4.79 Å². The molecule has 1 aromatic carbocycles. The molecule has 1 aromatic rings. The van der Waals surface area contributed by atoms with Gasteiger partial charge in [0.2, 0.25) is 0 Å². The van der Waals surface area contributed by atoms with Gasteiger partial charge in [-0.25, -0.2) is 4.39 Å². The summed E-state index contributed by atoms with van der Waals surface area (Å²) in [6.45, 7) is 6.06. The van der Waals surface area contributed by atoms with Crippen LogP contribution in [0.25, 0.3) is 0 Å². The molecule has 0 bridgehead atoms. The van der Waals surface area contributed by atoms with Gasteiger partial charge in [0.05, 0.1) is 0 Å². The van der Waals surface area contributed by atoms with Gasteiger partial charge in [-0.1, -0.05) is 39.0 Å². The maximum atomic E-state index is 13.6. The van der Waals surface area contributed by atoms with Crippen LogP contribution in [0.15, 0.2) is 24.3 Å². The lowest BCUT2D eigenvalue weighted by molar-refractivity contribution is -0.108. The lowest BCUT2D eigenvalue weighted by Gasteiger charge is -2.29. The Balaban J connectivity index is 3.10. The zero-order valence-electron chi connectivity index (χ0n) is 9.46. The van der Waals surface area contributed by atoms with Crippen molar-refractivity contribution in [2.45, 2.75) is 33.1 Å². The van der Waals surface area contributed by atoms with Gasteiger partial charge in [0, 0.05) is 6.42 Å². The minimum absolute atomic E-state index is 0.0591. The van der Waals surface area contributed by atoms with Crippen molar-refractivity contribution in [1.29, 1.82) is 0 Å². The molecule has 0 aromatic heterocycles. The summed E-state index contributed by atoms with van der Waals surface area (Å²) in [6, 6.07) is 6.68. The number of hydrogen-bond acceptors (Lipinski definition) is 1. The van der Waals surface area contributed by atoms with Gasteiger partial charge in [0.15, 0.2) is 0 Å². The van der Waals surface area contributed by atoms with Crippen LogP contribution in [0.3, 0.4) is 0 Å². The molecule has 1 atom stereocenters. The van der Waals surface area contributed by atoms with E-state index in [0.29, 0.717) is 12.0 Å². The van der Waals surface area contributed by atoms with Crippen LogP contribution in [0, 0.1) is 11.2 Å². The van der Waals surface area contributed by atoms with Crippen LogP contribution < -0.4 is 0 Å². The van der Waals surface area contributed by atoms with E-state index in [1.807, 2.05) is 26.8 Å². The molecule has 0 heterocycles. The Bertz CT molecular complexity index is 339. The third-order valence-corrected chi connectivity index (χ3v) is 2.66. The van der Waals surface area contributed by atoms with Crippen molar-refractivity contribution in [3.8, 4) is 0 Å². The van der Waals surface area contributed by atoms with Crippen molar-refractivity contribution >= 4 is 6.29 Å². The third-order valence-electron chi connectivity index (χ3n) is 2.66. The van der Waals surface area contributed by atoms with Crippen molar-refractivity contribution < 1.29 is 9.18 Å². The zero-order chi connectivity index (χ0) is 11.5. The van der Waals surface area contributed by atoms with E-state index in [-0.39, 0.29) is 17.2 Å². The first-order valence-electron chi connectivity index (χ1n) is 5.15. The molecule has 1 nitrogen and oxygen atoms in total. The molecule has 0 aliphatic carbocycles. The van der Waals surface area contributed by atoms with E-state index in [1.54, 1.807) is 12.1 Å². The van der Waals surface area contributed by atoms with E-state index in [0.717, 1.165) is 6.29 Å². The van der Waals surface area contributed by atoms with Crippen molar-refractivity contribution in [3.05, 3.63) is 35.6 Å². The van der Waals surface area contributed by atoms with Crippen LogP contribution in [-0.2, 0) is 4.79 Å². The first-order chi connectivity index (χ1) is 6.96. The second-order valence-electron chi connectivity index (χ2n) is 4.84. The van der Waals surface area contributed by atoms with Crippen LogP contribution in [0.1, 0.15) is 38.7 Å². The summed E-state index contributed by atoms with van der Waals surface area (Å²) in [5.74, 6) is -0.282. The number of hydrogen-bond donors (Lipinski definition) is 0. The molecule has 0 saturated heterocycles. The van der Waals surface area contributed by atoms with Gasteiger partial charge in [-0.2, -0.15) is 0 Å². The lowest BCUT2D eigenvalue weighted by atomic mass is 9.75. The fraction of sp³-hybridized carbons (Fsp3) is 0.462. The topological polar surface area (TPSA) is 17.1 Å². The smallest absolute Gasteiger partial charge is 0.126 e. The standard InChI is InChI=1S/C13H17FO/c1-13(2,3)11(8-9-15)10-6-4-5-7-12(10)14/h4-7,9,11H,8H2,1-3H3. The molecule has 1 unspecified atom stereocenters. The molecule has 0 fully saturated rings. The van der Waals surface area contributed by atoms with Crippen LogP contribution >= 0.6 is 0 Å². The van der Waals surface area contributed by atoms with Crippen molar-refractivity contribution in [2.75, 3.05) is 0 Å². The molecule has 0 radical (unpaired) electrons. The van der Waals surface area contributed by atoms with Gasteiger partial charge in [-0.15, -0.1) is 0 Å². The number of aldehydes is 1. The molecular formula is C13H17FO. The first-order valence-corrected chi connectivity index (χ1v) is 5.15. The van der Waals surface area contributed by atoms with Crippen LogP contribution in [-0.4, -0.2) is 6.29 Å². The third kappa shape index (κ3) is 2.88. The fourth-order valence-corrected chi connectivity index (χ4v) is 1.80. The van der Waals surface area contributed by atoms with Crippen LogP contribution in [0.4, 0.5) is 4.39 Å². The SMILES string of the molecule is CC(C)(C)C(CC=O)c1ccccc1F. The lowest BCUT2D eigenvalue weighted by Crippen LogP contribution is -2.20.